The average Bonchev–Trinajstić information content (AvgIpc) is 2.76. The van der Waals surface area contributed by atoms with E-state index in [1.165, 1.54) is 0 Å². The molecular weight excluding hydrogens is 248 g/mol. The van der Waals surface area contributed by atoms with E-state index in [4.69, 9.17) is 0 Å². The molecule has 100 valence electrons. The lowest BCUT2D eigenvalue weighted by molar-refractivity contribution is -0.129. The Balaban J connectivity index is 1.83. The van der Waals surface area contributed by atoms with Crippen molar-refractivity contribution in [3.05, 3.63) is 11.1 Å². The zero-order valence-electron chi connectivity index (χ0n) is 11.2. The lowest BCUT2D eigenvalue weighted by atomic mass is 10.3. The van der Waals surface area contributed by atoms with Gasteiger partial charge in [-0.15, -0.1) is 11.3 Å². The molecule has 6 heteroatoms. The molecule has 0 N–H and O–H groups in total. The highest BCUT2D eigenvalue weighted by molar-refractivity contribution is 7.13. The number of aryl methyl sites for hydroxylation is 1. The van der Waals surface area contributed by atoms with Gasteiger partial charge in [-0.25, -0.2) is 4.98 Å². The molecule has 1 amide bonds. The summed E-state index contributed by atoms with van der Waals surface area (Å²) in [6, 6.07) is 0. The van der Waals surface area contributed by atoms with E-state index in [0.717, 1.165) is 37.0 Å². The Labute approximate surface area is 112 Å². The number of carbonyl (C=O) groups is 1. The van der Waals surface area contributed by atoms with Gasteiger partial charge in [-0.05, 0) is 6.92 Å². The summed E-state index contributed by atoms with van der Waals surface area (Å²) in [5, 5.41) is 3.18. The Kier molecular flexibility index (Phi) is 4.19. The molecule has 1 saturated heterocycles. The molecule has 1 aromatic heterocycles. The topological polar surface area (TPSA) is 39.7 Å². The fraction of sp³-hybridized carbons (Fsp3) is 0.667. The van der Waals surface area contributed by atoms with E-state index in [0.29, 0.717) is 6.54 Å². The van der Waals surface area contributed by atoms with E-state index < -0.39 is 0 Å². The van der Waals surface area contributed by atoms with Gasteiger partial charge in [-0.3, -0.25) is 9.69 Å². The van der Waals surface area contributed by atoms with Crippen LogP contribution in [-0.4, -0.2) is 67.5 Å². The predicted molar refractivity (Wildman–Crippen MR) is 74.2 cm³/mol. The van der Waals surface area contributed by atoms with E-state index in [1.54, 1.807) is 30.3 Å². The first kappa shape index (κ1) is 13.3. The number of piperazine rings is 1. The van der Waals surface area contributed by atoms with E-state index in [-0.39, 0.29) is 5.91 Å². The summed E-state index contributed by atoms with van der Waals surface area (Å²) in [5.41, 5.74) is 1.08. The second kappa shape index (κ2) is 5.67. The van der Waals surface area contributed by atoms with Crippen LogP contribution in [-0.2, 0) is 4.79 Å². The third kappa shape index (κ3) is 3.20. The SMILES string of the molecule is Cc1csc(N2CCN(CC(=O)N(C)C)CC2)n1. The summed E-state index contributed by atoms with van der Waals surface area (Å²) in [7, 11) is 3.61. The van der Waals surface area contributed by atoms with Gasteiger partial charge in [0.05, 0.1) is 12.2 Å². The summed E-state index contributed by atoms with van der Waals surface area (Å²) in [6.07, 6.45) is 0. The summed E-state index contributed by atoms with van der Waals surface area (Å²) in [5.74, 6) is 0.175. The molecule has 1 aromatic rings. The summed E-state index contributed by atoms with van der Waals surface area (Å²) >= 11 is 1.70. The number of likely N-dealkylation sites (N-methyl/N-ethyl adjacent to an activating group) is 1. The molecule has 0 atom stereocenters. The summed E-state index contributed by atoms with van der Waals surface area (Å²) < 4.78 is 0. The second-order valence-electron chi connectivity index (χ2n) is 4.82. The Hall–Kier alpha value is -1.14. The van der Waals surface area contributed by atoms with Crippen LogP contribution < -0.4 is 4.90 Å². The normalized spacial score (nSPS) is 16.9. The molecule has 0 spiro atoms. The first-order valence-corrected chi connectivity index (χ1v) is 7.04. The van der Waals surface area contributed by atoms with Gasteiger partial charge in [-0.2, -0.15) is 0 Å². The van der Waals surface area contributed by atoms with Gasteiger partial charge < -0.3 is 9.80 Å². The van der Waals surface area contributed by atoms with E-state index in [1.807, 2.05) is 6.92 Å². The number of rotatable bonds is 3. The average molecular weight is 268 g/mol. The number of amides is 1. The van der Waals surface area contributed by atoms with E-state index >= 15 is 0 Å². The van der Waals surface area contributed by atoms with Crippen LogP contribution in [0.3, 0.4) is 0 Å². The number of nitrogens with zero attached hydrogens (tertiary/aromatic N) is 4. The first-order chi connectivity index (χ1) is 8.56. The molecule has 0 unspecified atom stereocenters. The van der Waals surface area contributed by atoms with Crippen LogP contribution in [0.15, 0.2) is 5.38 Å². The molecule has 0 saturated carbocycles. The molecule has 1 aliphatic heterocycles. The Morgan fingerprint density at radius 1 is 1.39 bits per heavy atom. The van der Waals surface area contributed by atoms with Crippen LogP contribution >= 0.6 is 11.3 Å². The summed E-state index contributed by atoms with van der Waals surface area (Å²) in [6.45, 7) is 6.31. The smallest absolute Gasteiger partial charge is 0.236 e. The highest BCUT2D eigenvalue weighted by Gasteiger charge is 2.21. The maximum Gasteiger partial charge on any atom is 0.236 e. The molecule has 2 heterocycles. The predicted octanol–water partition coefficient (Wildman–Crippen LogP) is 0.662. The number of hydrogen-bond donors (Lipinski definition) is 0. The third-order valence-electron chi connectivity index (χ3n) is 3.11. The van der Waals surface area contributed by atoms with E-state index in [9.17, 15) is 4.79 Å². The molecule has 0 radical (unpaired) electrons. The van der Waals surface area contributed by atoms with Crippen LogP contribution in [0.2, 0.25) is 0 Å². The highest BCUT2D eigenvalue weighted by Crippen LogP contribution is 2.21. The number of carbonyl (C=O) groups excluding carboxylic acids is 1. The van der Waals surface area contributed by atoms with Crippen LogP contribution in [0.5, 0.6) is 0 Å². The minimum atomic E-state index is 0.175. The van der Waals surface area contributed by atoms with Crippen LogP contribution in [0, 0.1) is 6.92 Å². The number of hydrogen-bond acceptors (Lipinski definition) is 5. The van der Waals surface area contributed by atoms with Crippen molar-refractivity contribution in [3.63, 3.8) is 0 Å². The van der Waals surface area contributed by atoms with Gasteiger partial charge in [-0.1, -0.05) is 0 Å². The Morgan fingerprint density at radius 3 is 2.56 bits per heavy atom. The van der Waals surface area contributed by atoms with Gasteiger partial charge in [0.25, 0.3) is 0 Å². The molecule has 18 heavy (non-hydrogen) atoms. The molecule has 0 bridgehead atoms. The minimum Gasteiger partial charge on any atom is -0.348 e. The van der Waals surface area contributed by atoms with Crippen molar-refractivity contribution >= 4 is 22.4 Å². The van der Waals surface area contributed by atoms with Crippen molar-refractivity contribution in [1.82, 2.24) is 14.8 Å². The fourth-order valence-electron chi connectivity index (χ4n) is 1.92. The van der Waals surface area contributed by atoms with Crippen molar-refractivity contribution < 1.29 is 4.79 Å². The quantitative estimate of drug-likeness (QED) is 0.807. The minimum absolute atomic E-state index is 0.175. The van der Waals surface area contributed by atoms with Crippen LogP contribution in [0.1, 0.15) is 5.69 Å². The molecule has 0 aromatic carbocycles. The monoisotopic (exact) mass is 268 g/mol. The molecule has 1 fully saturated rings. The molecule has 1 aliphatic rings. The number of thiazole rings is 1. The fourth-order valence-corrected chi connectivity index (χ4v) is 2.77. The van der Waals surface area contributed by atoms with Crippen molar-refractivity contribution in [2.45, 2.75) is 6.92 Å². The van der Waals surface area contributed by atoms with Gasteiger partial charge >= 0.3 is 0 Å². The van der Waals surface area contributed by atoms with Crippen molar-refractivity contribution in [1.29, 1.82) is 0 Å². The third-order valence-corrected chi connectivity index (χ3v) is 4.13. The molecule has 2 rings (SSSR count). The van der Waals surface area contributed by atoms with Crippen LogP contribution in [0.4, 0.5) is 5.13 Å². The first-order valence-electron chi connectivity index (χ1n) is 6.16. The van der Waals surface area contributed by atoms with Gasteiger partial charge in [0.1, 0.15) is 0 Å². The Bertz CT molecular complexity index is 410. The standard InChI is InChI=1S/C12H20N4OS/c1-10-9-18-12(13-10)16-6-4-15(5-7-16)8-11(17)14(2)3/h9H,4-8H2,1-3H3. The number of aromatic nitrogens is 1. The van der Waals surface area contributed by atoms with Crippen molar-refractivity contribution in [2.75, 3.05) is 51.7 Å². The number of anilines is 1. The summed E-state index contributed by atoms with van der Waals surface area (Å²) in [4.78, 5) is 22.3. The maximum atomic E-state index is 11.6. The largest absolute Gasteiger partial charge is 0.348 e. The maximum absolute atomic E-state index is 11.6. The molecule has 0 aliphatic carbocycles. The molecule has 5 nitrogen and oxygen atoms in total. The zero-order valence-corrected chi connectivity index (χ0v) is 12.0. The lowest BCUT2D eigenvalue weighted by Crippen LogP contribution is -2.49. The zero-order chi connectivity index (χ0) is 13.1. The van der Waals surface area contributed by atoms with Crippen LogP contribution in [0.25, 0.3) is 0 Å². The van der Waals surface area contributed by atoms with Crippen molar-refractivity contribution in [3.8, 4) is 0 Å². The van der Waals surface area contributed by atoms with Gasteiger partial charge in [0.2, 0.25) is 5.91 Å². The van der Waals surface area contributed by atoms with Gasteiger partial charge in [0.15, 0.2) is 5.13 Å². The van der Waals surface area contributed by atoms with Crippen molar-refractivity contribution in [2.24, 2.45) is 0 Å². The Morgan fingerprint density at radius 2 is 2.06 bits per heavy atom. The van der Waals surface area contributed by atoms with Gasteiger partial charge in [0, 0.05) is 45.7 Å². The highest BCUT2D eigenvalue weighted by atomic mass is 32.1. The van der Waals surface area contributed by atoms with E-state index in [2.05, 4.69) is 20.2 Å². The molecular formula is C12H20N4OS. The second-order valence-corrected chi connectivity index (χ2v) is 5.66. The lowest BCUT2D eigenvalue weighted by Gasteiger charge is -2.34.